The van der Waals surface area contributed by atoms with Crippen LogP contribution in [-0.4, -0.2) is 29.1 Å². The number of benzene rings is 1. The number of aliphatic hydroxyl groups excluding tert-OH is 1. The third-order valence-electron chi connectivity index (χ3n) is 4.56. The molecule has 2 rings (SSSR count). The smallest absolute Gasteiger partial charge is 0.269 e. The number of nitrogens with zero attached hydrogens (tertiary/aromatic N) is 1. The van der Waals surface area contributed by atoms with Gasteiger partial charge in [0, 0.05) is 11.6 Å². The molecule has 0 aromatic heterocycles. The number of hydrazine groups is 1. The molecule has 134 valence electrons. The number of rotatable bonds is 5. The molecule has 0 radical (unpaired) electrons. The van der Waals surface area contributed by atoms with E-state index < -0.39 is 24.0 Å². The molecule has 1 saturated carbocycles. The van der Waals surface area contributed by atoms with Crippen LogP contribution in [0, 0.1) is 17.2 Å². The quantitative estimate of drug-likeness (QED) is 0.592. The van der Waals surface area contributed by atoms with Gasteiger partial charge in [0.2, 0.25) is 0 Å². The van der Waals surface area contributed by atoms with Gasteiger partial charge in [-0.3, -0.25) is 20.4 Å². The highest BCUT2D eigenvalue weighted by molar-refractivity contribution is 5.96. The minimum absolute atomic E-state index is 0.236. The number of hydrogen-bond donors (Lipinski definition) is 4. The predicted octanol–water partition coefficient (Wildman–Crippen LogP) is 0.978. The van der Waals surface area contributed by atoms with E-state index in [1.165, 1.54) is 18.6 Å². The van der Waals surface area contributed by atoms with Crippen LogP contribution >= 0.6 is 0 Å². The largest absolute Gasteiger partial charge is 0.382 e. The van der Waals surface area contributed by atoms with E-state index >= 15 is 0 Å². The molecule has 5 N–H and O–H groups in total. The summed E-state index contributed by atoms with van der Waals surface area (Å²) >= 11 is 0. The number of carbonyl (C=O) groups excluding carboxylic acids is 2. The summed E-state index contributed by atoms with van der Waals surface area (Å²) in [5.74, 6) is -0.874. The first-order chi connectivity index (χ1) is 12.0. The highest BCUT2D eigenvalue weighted by atomic mass is 16.3. The molecule has 2 amide bonds. The van der Waals surface area contributed by atoms with Crippen LogP contribution in [0.25, 0.3) is 0 Å². The van der Waals surface area contributed by atoms with Crippen molar-refractivity contribution in [3.8, 4) is 6.07 Å². The Morgan fingerprint density at radius 1 is 1.28 bits per heavy atom. The summed E-state index contributed by atoms with van der Waals surface area (Å²) in [6.07, 6.45) is 4.92. The van der Waals surface area contributed by atoms with Crippen molar-refractivity contribution in [2.24, 2.45) is 11.7 Å². The number of nitrogens with two attached hydrogens (primary N) is 1. The average molecular weight is 344 g/mol. The molecular weight excluding hydrogens is 320 g/mol. The van der Waals surface area contributed by atoms with Crippen LogP contribution in [0.15, 0.2) is 24.3 Å². The molecule has 7 heteroatoms. The Labute approximate surface area is 147 Å². The van der Waals surface area contributed by atoms with Gasteiger partial charge in [-0.2, -0.15) is 5.26 Å². The third kappa shape index (κ3) is 5.55. The molecule has 7 nitrogen and oxygen atoms in total. The molecule has 1 aliphatic carbocycles. The molecule has 1 aromatic rings. The maximum absolute atomic E-state index is 12.0. The Bertz CT molecular complexity index is 650. The number of aliphatic hydroxyl groups is 1. The molecule has 1 fully saturated rings. The first kappa shape index (κ1) is 18.9. The fraction of sp³-hybridized carbons (Fsp3) is 0.500. The summed E-state index contributed by atoms with van der Waals surface area (Å²) < 4.78 is 0. The minimum Gasteiger partial charge on any atom is -0.382 e. The Morgan fingerprint density at radius 3 is 2.68 bits per heavy atom. The van der Waals surface area contributed by atoms with E-state index in [1.54, 1.807) is 12.1 Å². The van der Waals surface area contributed by atoms with Gasteiger partial charge < -0.3 is 10.8 Å². The lowest BCUT2D eigenvalue weighted by molar-refractivity contribution is -0.131. The zero-order valence-electron chi connectivity index (χ0n) is 14.1. The van der Waals surface area contributed by atoms with Crippen molar-refractivity contribution in [3.63, 3.8) is 0 Å². The van der Waals surface area contributed by atoms with Gasteiger partial charge in [-0.25, -0.2) is 0 Å². The van der Waals surface area contributed by atoms with Crippen LogP contribution < -0.4 is 16.6 Å². The van der Waals surface area contributed by atoms with Crippen LogP contribution in [0.5, 0.6) is 0 Å². The normalized spacial score (nSPS) is 17.2. The van der Waals surface area contributed by atoms with E-state index in [0.717, 1.165) is 25.7 Å². The maximum atomic E-state index is 12.0. The van der Waals surface area contributed by atoms with Crippen molar-refractivity contribution in [2.45, 2.75) is 50.7 Å². The summed E-state index contributed by atoms with van der Waals surface area (Å²) in [4.78, 5) is 24.0. The standard InChI is InChI=1S/C18H24N4O3/c19-11-13-7-4-8-14(9-13)17(24)21-22-18(25)16(23)15(20)10-12-5-2-1-3-6-12/h4,7-9,12,15-16,23H,1-3,5-6,10,20H2,(H,21,24)(H,22,25)/t15-,16?/m1/s1. The molecule has 1 unspecified atom stereocenters. The van der Waals surface area contributed by atoms with E-state index in [4.69, 9.17) is 11.0 Å². The van der Waals surface area contributed by atoms with Crippen LogP contribution in [-0.2, 0) is 4.79 Å². The summed E-state index contributed by atoms with van der Waals surface area (Å²) in [6.45, 7) is 0. The number of amides is 2. The van der Waals surface area contributed by atoms with Gasteiger partial charge >= 0.3 is 0 Å². The maximum Gasteiger partial charge on any atom is 0.269 e. The molecule has 1 aliphatic rings. The molecule has 0 saturated heterocycles. The van der Waals surface area contributed by atoms with Crippen LogP contribution in [0.2, 0.25) is 0 Å². The summed E-state index contributed by atoms with van der Waals surface area (Å²) in [6, 6.07) is 7.35. The summed E-state index contributed by atoms with van der Waals surface area (Å²) in [5.41, 5.74) is 10.9. The average Bonchev–Trinajstić information content (AvgIpc) is 2.65. The first-order valence-electron chi connectivity index (χ1n) is 8.55. The molecule has 0 aliphatic heterocycles. The topological polar surface area (TPSA) is 128 Å². The Hall–Kier alpha value is -2.43. The zero-order chi connectivity index (χ0) is 18.2. The molecule has 0 heterocycles. The van der Waals surface area contributed by atoms with Gasteiger partial charge in [-0.05, 0) is 30.5 Å². The molecule has 1 aromatic carbocycles. The van der Waals surface area contributed by atoms with Crippen molar-refractivity contribution in [2.75, 3.05) is 0 Å². The van der Waals surface area contributed by atoms with Gasteiger partial charge in [-0.15, -0.1) is 0 Å². The van der Waals surface area contributed by atoms with E-state index in [0.29, 0.717) is 17.9 Å². The minimum atomic E-state index is -1.38. The molecule has 0 bridgehead atoms. The van der Waals surface area contributed by atoms with Crippen LogP contribution in [0.3, 0.4) is 0 Å². The number of nitriles is 1. The summed E-state index contributed by atoms with van der Waals surface area (Å²) in [5, 5.41) is 18.9. The number of nitrogens with one attached hydrogen (secondary N) is 2. The Kier molecular flexibility index (Phi) is 6.92. The highest BCUT2D eigenvalue weighted by Gasteiger charge is 2.26. The van der Waals surface area contributed by atoms with E-state index in [9.17, 15) is 14.7 Å². The van der Waals surface area contributed by atoms with Crippen molar-refractivity contribution in [1.29, 1.82) is 5.26 Å². The lowest BCUT2D eigenvalue weighted by Crippen LogP contribution is -2.52. The van der Waals surface area contributed by atoms with Gasteiger partial charge in [-0.1, -0.05) is 38.2 Å². The van der Waals surface area contributed by atoms with Gasteiger partial charge in [0.1, 0.15) is 6.10 Å². The molecular formula is C18H24N4O3. The van der Waals surface area contributed by atoms with E-state index in [-0.39, 0.29) is 5.56 Å². The van der Waals surface area contributed by atoms with Gasteiger partial charge in [0.25, 0.3) is 11.8 Å². The van der Waals surface area contributed by atoms with Crippen molar-refractivity contribution < 1.29 is 14.7 Å². The lowest BCUT2D eigenvalue weighted by atomic mass is 9.84. The first-order valence-corrected chi connectivity index (χ1v) is 8.55. The fourth-order valence-electron chi connectivity index (χ4n) is 3.13. The Morgan fingerprint density at radius 2 is 2.00 bits per heavy atom. The van der Waals surface area contributed by atoms with Gasteiger partial charge in [0.15, 0.2) is 0 Å². The second-order valence-electron chi connectivity index (χ2n) is 6.48. The fourth-order valence-corrected chi connectivity index (χ4v) is 3.13. The molecule has 25 heavy (non-hydrogen) atoms. The second-order valence-corrected chi connectivity index (χ2v) is 6.48. The van der Waals surface area contributed by atoms with Crippen LogP contribution in [0.4, 0.5) is 0 Å². The molecule has 2 atom stereocenters. The number of hydrogen-bond acceptors (Lipinski definition) is 5. The van der Waals surface area contributed by atoms with Crippen molar-refractivity contribution >= 4 is 11.8 Å². The van der Waals surface area contributed by atoms with Gasteiger partial charge in [0.05, 0.1) is 11.6 Å². The van der Waals surface area contributed by atoms with Crippen molar-refractivity contribution in [3.05, 3.63) is 35.4 Å². The van der Waals surface area contributed by atoms with Crippen LogP contribution in [0.1, 0.15) is 54.4 Å². The van der Waals surface area contributed by atoms with Crippen molar-refractivity contribution in [1.82, 2.24) is 10.9 Å². The number of carbonyl (C=O) groups is 2. The lowest BCUT2D eigenvalue weighted by Gasteiger charge is -2.26. The highest BCUT2D eigenvalue weighted by Crippen LogP contribution is 2.27. The second kappa shape index (κ2) is 9.16. The predicted molar refractivity (Wildman–Crippen MR) is 91.9 cm³/mol. The zero-order valence-corrected chi connectivity index (χ0v) is 14.1. The Balaban J connectivity index is 1.81. The SMILES string of the molecule is N#Cc1cccc(C(=O)NNC(=O)C(O)[C@H](N)CC2CCCCC2)c1. The van der Waals surface area contributed by atoms with E-state index in [2.05, 4.69) is 10.9 Å². The third-order valence-corrected chi connectivity index (χ3v) is 4.56. The van der Waals surface area contributed by atoms with E-state index in [1.807, 2.05) is 6.07 Å². The monoisotopic (exact) mass is 344 g/mol. The summed E-state index contributed by atoms with van der Waals surface area (Å²) in [7, 11) is 0. The molecule has 0 spiro atoms.